The summed E-state index contributed by atoms with van der Waals surface area (Å²) >= 11 is 0. The zero-order valence-electron chi connectivity index (χ0n) is 13.2. The third-order valence-electron chi connectivity index (χ3n) is 3.82. The molecule has 8 heteroatoms. The molecule has 0 aromatic carbocycles. The highest BCUT2D eigenvalue weighted by atomic mass is 19.3. The summed E-state index contributed by atoms with van der Waals surface area (Å²) in [5.41, 5.74) is 1.81. The lowest BCUT2D eigenvalue weighted by atomic mass is 10.2. The average Bonchev–Trinajstić information content (AvgIpc) is 2.99. The predicted molar refractivity (Wildman–Crippen MR) is 85.7 cm³/mol. The van der Waals surface area contributed by atoms with Gasteiger partial charge in [0.1, 0.15) is 6.17 Å². The van der Waals surface area contributed by atoms with Crippen LogP contribution in [0.1, 0.15) is 6.92 Å². The molecule has 0 spiro atoms. The van der Waals surface area contributed by atoms with Crippen molar-refractivity contribution in [3.63, 3.8) is 0 Å². The van der Waals surface area contributed by atoms with E-state index in [2.05, 4.69) is 25.1 Å². The van der Waals surface area contributed by atoms with E-state index in [9.17, 15) is 9.32 Å². The molecule has 0 aliphatic carbocycles. The predicted octanol–water partition coefficient (Wildman–Crippen LogP) is 0.637. The van der Waals surface area contributed by atoms with Gasteiger partial charge in [-0.05, 0) is 31.2 Å². The van der Waals surface area contributed by atoms with Crippen LogP contribution in [-0.4, -0.2) is 28.9 Å². The lowest BCUT2D eigenvalue weighted by Crippen LogP contribution is -2.48. The number of pyridine rings is 1. The molecule has 2 aromatic rings. The van der Waals surface area contributed by atoms with Crippen molar-refractivity contribution in [3.8, 4) is 17.1 Å². The summed E-state index contributed by atoms with van der Waals surface area (Å²) in [4.78, 5) is 18.4. The SMILES string of the molecule is CCn1c(-c2cccnc2OC)cc2c1=CNC(NC(=O)OF)C=2. The Hall–Kier alpha value is -3.03. The Balaban J connectivity index is 2.09. The van der Waals surface area contributed by atoms with Crippen molar-refractivity contribution in [3.05, 3.63) is 35.0 Å². The first kappa shape index (κ1) is 15.9. The van der Waals surface area contributed by atoms with Crippen molar-refractivity contribution in [2.24, 2.45) is 0 Å². The number of halogens is 1. The fraction of sp³-hybridized carbons (Fsp3) is 0.250. The van der Waals surface area contributed by atoms with E-state index in [4.69, 9.17) is 4.74 Å². The van der Waals surface area contributed by atoms with Gasteiger partial charge < -0.3 is 14.6 Å². The number of nitrogens with one attached hydrogen (secondary N) is 2. The van der Waals surface area contributed by atoms with Gasteiger partial charge in [-0.1, -0.05) is 0 Å². The van der Waals surface area contributed by atoms with Gasteiger partial charge in [0.2, 0.25) is 5.88 Å². The van der Waals surface area contributed by atoms with Crippen molar-refractivity contribution in [1.29, 1.82) is 0 Å². The number of fused-ring (bicyclic) bond motifs is 1. The molecule has 0 bridgehead atoms. The molecule has 2 aromatic heterocycles. The van der Waals surface area contributed by atoms with Crippen LogP contribution in [0.3, 0.4) is 0 Å². The molecule has 1 aliphatic rings. The smallest absolute Gasteiger partial charge is 0.446 e. The minimum Gasteiger partial charge on any atom is -0.481 e. The van der Waals surface area contributed by atoms with Gasteiger partial charge in [0.05, 0.1) is 23.7 Å². The van der Waals surface area contributed by atoms with Gasteiger partial charge in [-0.3, -0.25) is 5.32 Å². The van der Waals surface area contributed by atoms with Gasteiger partial charge in [-0.15, -0.1) is 0 Å². The van der Waals surface area contributed by atoms with E-state index in [0.29, 0.717) is 5.88 Å². The van der Waals surface area contributed by atoms with Crippen LogP contribution in [0, 0.1) is 0 Å². The molecular formula is C16H17FN4O3. The summed E-state index contributed by atoms with van der Waals surface area (Å²) in [6.45, 7) is 2.77. The van der Waals surface area contributed by atoms with E-state index in [1.54, 1.807) is 25.6 Å². The third kappa shape index (κ3) is 2.78. The van der Waals surface area contributed by atoms with E-state index in [0.717, 1.165) is 28.4 Å². The number of carbonyl (C=O) groups is 1. The van der Waals surface area contributed by atoms with Gasteiger partial charge in [-0.2, -0.15) is 0 Å². The van der Waals surface area contributed by atoms with Gasteiger partial charge in [0, 0.05) is 28.7 Å². The van der Waals surface area contributed by atoms with E-state index in [1.807, 2.05) is 25.1 Å². The maximum Gasteiger partial charge on any atom is 0.446 e. The number of nitrogens with zero attached hydrogens (tertiary/aromatic N) is 2. The monoisotopic (exact) mass is 332 g/mol. The van der Waals surface area contributed by atoms with Crippen LogP contribution in [0.25, 0.3) is 23.5 Å². The summed E-state index contributed by atoms with van der Waals surface area (Å²) in [6.07, 6.45) is 3.52. The minimum absolute atomic E-state index is 0.533. The number of methoxy groups -OCH3 is 1. The minimum atomic E-state index is -1.15. The lowest BCUT2D eigenvalue weighted by molar-refractivity contribution is -0.0630. The van der Waals surface area contributed by atoms with Crippen LogP contribution in [0.15, 0.2) is 24.4 Å². The molecule has 3 rings (SSSR count). The molecule has 1 atom stereocenters. The Morgan fingerprint density at radius 2 is 2.38 bits per heavy atom. The number of hydrogen-bond acceptors (Lipinski definition) is 5. The number of ether oxygens (including phenoxy) is 1. The summed E-state index contributed by atoms with van der Waals surface area (Å²) in [7, 11) is 1.58. The van der Waals surface area contributed by atoms with Crippen LogP contribution >= 0.6 is 0 Å². The first-order valence-corrected chi connectivity index (χ1v) is 7.44. The summed E-state index contributed by atoms with van der Waals surface area (Å²) in [5.74, 6) is 0.533. The molecular weight excluding hydrogens is 315 g/mol. The summed E-state index contributed by atoms with van der Waals surface area (Å²) in [5, 5.41) is 7.17. The normalized spacial score (nSPS) is 15.4. The molecule has 126 valence electrons. The summed E-state index contributed by atoms with van der Waals surface area (Å²) in [6, 6.07) is 5.75. The van der Waals surface area contributed by atoms with Gasteiger partial charge in [0.15, 0.2) is 0 Å². The fourth-order valence-electron chi connectivity index (χ4n) is 2.82. The Kier molecular flexibility index (Phi) is 4.37. The van der Waals surface area contributed by atoms with E-state index in [1.165, 1.54) is 0 Å². The van der Waals surface area contributed by atoms with Crippen LogP contribution in [-0.2, 0) is 11.5 Å². The topological polar surface area (TPSA) is 77.4 Å². The third-order valence-corrected chi connectivity index (χ3v) is 3.82. The van der Waals surface area contributed by atoms with E-state index < -0.39 is 12.3 Å². The Bertz CT molecular complexity index is 878. The molecule has 0 saturated heterocycles. The van der Waals surface area contributed by atoms with Crippen molar-refractivity contribution in [1.82, 2.24) is 20.2 Å². The molecule has 24 heavy (non-hydrogen) atoms. The quantitative estimate of drug-likeness (QED) is 0.859. The maximum absolute atomic E-state index is 11.9. The highest BCUT2D eigenvalue weighted by Crippen LogP contribution is 2.26. The summed E-state index contributed by atoms with van der Waals surface area (Å²) < 4.78 is 19.3. The second-order valence-corrected chi connectivity index (χ2v) is 5.14. The molecule has 1 amide bonds. The van der Waals surface area contributed by atoms with Gasteiger partial charge in [0.25, 0.3) is 0 Å². The largest absolute Gasteiger partial charge is 0.481 e. The highest BCUT2D eigenvalue weighted by Gasteiger charge is 2.17. The van der Waals surface area contributed by atoms with Crippen LogP contribution in [0.5, 0.6) is 5.88 Å². The molecule has 0 saturated carbocycles. The highest BCUT2D eigenvalue weighted by molar-refractivity contribution is 5.70. The second-order valence-electron chi connectivity index (χ2n) is 5.14. The number of amides is 1. The van der Waals surface area contributed by atoms with Crippen molar-refractivity contribution in [2.75, 3.05) is 7.11 Å². The standard InChI is InChI=1S/C16H17FN4O3/c1-3-21-12(11-5-4-6-18-15(11)23-2)7-10-8-14(19-9-13(10)21)20-16(22)24-17/h4-9,14,19H,3H2,1-2H3,(H,20,22). The Labute approximate surface area is 137 Å². The molecule has 0 fully saturated rings. The fourth-order valence-corrected chi connectivity index (χ4v) is 2.82. The molecule has 1 unspecified atom stereocenters. The van der Waals surface area contributed by atoms with E-state index in [-0.39, 0.29) is 0 Å². The number of carbonyl (C=O) groups excluding carboxylic acids is 1. The first-order chi connectivity index (χ1) is 11.7. The lowest BCUT2D eigenvalue weighted by Gasteiger charge is -2.16. The van der Waals surface area contributed by atoms with Crippen LogP contribution in [0.2, 0.25) is 0 Å². The van der Waals surface area contributed by atoms with Crippen molar-refractivity contribution >= 4 is 18.4 Å². The van der Waals surface area contributed by atoms with E-state index >= 15 is 0 Å². The average molecular weight is 332 g/mol. The van der Waals surface area contributed by atoms with Gasteiger partial charge >= 0.3 is 6.09 Å². The Morgan fingerprint density at radius 1 is 1.54 bits per heavy atom. The maximum atomic E-state index is 11.9. The molecule has 3 heterocycles. The molecule has 7 nitrogen and oxygen atoms in total. The van der Waals surface area contributed by atoms with Crippen LogP contribution < -0.4 is 25.9 Å². The number of hydrogen-bond donors (Lipinski definition) is 2. The first-order valence-electron chi connectivity index (χ1n) is 7.44. The zero-order valence-corrected chi connectivity index (χ0v) is 13.2. The Morgan fingerprint density at radius 3 is 3.08 bits per heavy atom. The zero-order chi connectivity index (χ0) is 17.1. The second kappa shape index (κ2) is 6.61. The molecule has 2 N–H and O–H groups in total. The van der Waals surface area contributed by atoms with Crippen molar-refractivity contribution < 1.29 is 19.0 Å². The molecule has 1 aliphatic heterocycles. The van der Waals surface area contributed by atoms with Crippen molar-refractivity contribution in [2.45, 2.75) is 19.6 Å². The van der Waals surface area contributed by atoms with Crippen LogP contribution in [0.4, 0.5) is 9.32 Å². The number of aromatic nitrogens is 2. The van der Waals surface area contributed by atoms with Gasteiger partial charge in [-0.25, -0.2) is 14.7 Å². The molecule has 0 radical (unpaired) electrons. The number of rotatable bonds is 4.